The van der Waals surface area contributed by atoms with Crippen molar-refractivity contribution in [2.75, 3.05) is 0 Å². The van der Waals surface area contributed by atoms with Crippen LogP contribution in [0.3, 0.4) is 0 Å². The molecule has 5 heteroatoms. The van der Waals surface area contributed by atoms with Gasteiger partial charge in [-0.05, 0) is 19.1 Å². The number of aromatic nitrogens is 3. The zero-order chi connectivity index (χ0) is 11.5. The minimum atomic E-state index is 0.375. The minimum Gasteiger partial charge on any atom is -0.296 e. The van der Waals surface area contributed by atoms with Crippen LogP contribution in [0.2, 0.25) is 0 Å². The number of benzene rings is 1. The van der Waals surface area contributed by atoms with Gasteiger partial charge in [0.25, 0.3) is 0 Å². The van der Waals surface area contributed by atoms with Gasteiger partial charge in [0.05, 0.1) is 5.69 Å². The summed E-state index contributed by atoms with van der Waals surface area (Å²) in [6.45, 7) is 2.65. The van der Waals surface area contributed by atoms with Crippen LogP contribution in [0.15, 0.2) is 28.7 Å². The predicted octanol–water partition coefficient (Wildman–Crippen LogP) is 2.54. The van der Waals surface area contributed by atoms with Crippen LogP contribution in [0.25, 0.3) is 11.3 Å². The van der Waals surface area contributed by atoms with E-state index in [-0.39, 0.29) is 0 Å². The third-order valence-electron chi connectivity index (χ3n) is 2.27. The Morgan fingerprint density at radius 1 is 1.50 bits per heavy atom. The molecule has 0 spiro atoms. The van der Waals surface area contributed by atoms with Gasteiger partial charge in [0.2, 0.25) is 0 Å². The molecule has 1 aromatic heterocycles. The summed E-state index contributed by atoms with van der Waals surface area (Å²) in [6, 6.07) is 7.73. The third-order valence-corrected chi connectivity index (χ3v) is 2.76. The second-order valence-electron chi connectivity index (χ2n) is 3.27. The van der Waals surface area contributed by atoms with Crippen molar-refractivity contribution in [2.45, 2.75) is 13.5 Å². The topological polar surface area (TPSA) is 47.8 Å². The lowest BCUT2D eigenvalue weighted by atomic mass is 10.1. The highest BCUT2D eigenvalue weighted by atomic mass is 79.9. The predicted molar refractivity (Wildman–Crippen MR) is 64.2 cm³/mol. The lowest BCUT2D eigenvalue weighted by molar-refractivity contribution is 0.111. The summed E-state index contributed by atoms with van der Waals surface area (Å²) in [4.78, 5) is 10.9. The molecular weight excluding hydrogens is 270 g/mol. The van der Waals surface area contributed by atoms with Gasteiger partial charge in [-0.15, -0.1) is 5.10 Å². The van der Waals surface area contributed by atoms with E-state index in [2.05, 4.69) is 26.2 Å². The number of aryl methyl sites for hydroxylation is 1. The number of carbonyl (C=O) groups is 1. The summed E-state index contributed by atoms with van der Waals surface area (Å²) in [6.07, 6.45) is 0.732. The molecule has 4 nitrogen and oxygen atoms in total. The summed E-state index contributed by atoms with van der Waals surface area (Å²) < 4.78 is 2.68. The van der Waals surface area contributed by atoms with E-state index in [9.17, 15) is 4.79 Å². The molecule has 0 atom stereocenters. The van der Waals surface area contributed by atoms with Crippen molar-refractivity contribution in [1.29, 1.82) is 0 Å². The molecule has 0 aliphatic carbocycles. The molecule has 0 amide bonds. The van der Waals surface area contributed by atoms with Crippen molar-refractivity contribution in [3.05, 3.63) is 34.4 Å². The van der Waals surface area contributed by atoms with Crippen LogP contribution < -0.4 is 0 Å². The number of halogens is 1. The van der Waals surface area contributed by atoms with Gasteiger partial charge in [-0.1, -0.05) is 33.3 Å². The van der Waals surface area contributed by atoms with Crippen LogP contribution in [0.5, 0.6) is 0 Å². The molecular formula is C11H10BrN3O. The Kier molecular flexibility index (Phi) is 3.14. The molecule has 0 bridgehead atoms. The molecule has 0 saturated heterocycles. The maximum absolute atomic E-state index is 10.9. The molecule has 1 heterocycles. The van der Waals surface area contributed by atoms with Gasteiger partial charge >= 0.3 is 0 Å². The monoisotopic (exact) mass is 279 g/mol. The highest BCUT2D eigenvalue weighted by Crippen LogP contribution is 2.24. The van der Waals surface area contributed by atoms with Gasteiger partial charge in [0.15, 0.2) is 12.0 Å². The van der Waals surface area contributed by atoms with Crippen molar-refractivity contribution in [3.8, 4) is 11.3 Å². The summed E-state index contributed by atoms with van der Waals surface area (Å²) in [5.41, 5.74) is 2.07. The Labute approximate surface area is 101 Å². The molecule has 1 aromatic carbocycles. The van der Waals surface area contributed by atoms with Crippen LogP contribution in [-0.4, -0.2) is 21.3 Å². The van der Waals surface area contributed by atoms with Crippen LogP contribution >= 0.6 is 15.9 Å². The van der Waals surface area contributed by atoms with Crippen molar-refractivity contribution in [2.24, 2.45) is 0 Å². The zero-order valence-corrected chi connectivity index (χ0v) is 10.3. The van der Waals surface area contributed by atoms with Gasteiger partial charge in [-0.2, -0.15) is 0 Å². The van der Waals surface area contributed by atoms with E-state index in [1.807, 2.05) is 31.2 Å². The molecule has 0 fully saturated rings. The van der Waals surface area contributed by atoms with E-state index in [0.29, 0.717) is 12.2 Å². The quantitative estimate of drug-likeness (QED) is 0.812. The fourth-order valence-electron chi connectivity index (χ4n) is 1.56. The van der Waals surface area contributed by atoms with E-state index in [0.717, 1.165) is 22.0 Å². The number of nitrogens with zero attached hydrogens (tertiary/aromatic N) is 3. The average Bonchev–Trinajstić information content (AvgIpc) is 2.71. The largest absolute Gasteiger partial charge is 0.296 e. The summed E-state index contributed by atoms with van der Waals surface area (Å²) in [5, 5.41) is 7.77. The van der Waals surface area contributed by atoms with Gasteiger partial charge in [-0.3, -0.25) is 4.79 Å². The molecule has 0 radical (unpaired) electrons. The van der Waals surface area contributed by atoms with Crippen LogP contribution in [0.4, 0.5) is 0 Å². The number of hydrogen-bond donors (Lipinski definition) is 0. The molecule has 0 aliphatic rings. The molecule has 2 aromatic rings. The minimum absolute atomic E-state index is 0.375. The summed E-state index contributed by atoms with van der Waals surface area (Å²) >= 11 is 3.40. The van der Waals surface area contributed by atoms with Crippen LogP contribution in [-0.2, 0) is 6.54 Å². The third kappa shape index (κ3) is 1.90. The Bertz CT molecular complexity index is 522. The van der Waals surface area contributed by atoms with E-state index >= 15 is 0 Å². The van der Waals surface area contributed by atoms with E-state index < -0.39 is 0 Å². The first-order chi connectivity index (χ1) is 7.76. The molecule has 0 saturated carbocycles. The maximum atomic E-state index is 10.9. The average molecular weight is 280 g/mol. The fourth-order valence-corrected chi connectivity index (χ4v) is 1.96. The van der Waals surface area contributed by atoms with Crippen LogP contribution in [0, 0.1) is 0 Å². The number of rotatable bonds is 3. The molecule has 0 N–H and O–H groups in total. The molecule has 82 valence electrons. The first-order valence-corrected chi connectivity index (χ1v) is 5.70. The Hall–Kier alpha value is -1.49. The first-order valence-electron chi connectivity index (χ1n) is 4.91. The summed E-state index contributed by atoms with van der Waals surface area (Å²) in [7, 11) is 0. The summed E-state index contributed by atoms with van der Waals surface area (Å²) in [5.74, 6) is 0. The molecule has 0 unspecified atom stereocenters. The number of hydrogen-bond acceptors (Lipinski definition) is 3. The van der Waals surface area contributed by atoms with Gasteiger partial charge in [-0.25, -0.2) is 4.68 Å². The van der Waals surface area contributed by atoms with E-state index in [1.165, 1.54) is 0 Å². The normalized spacial score (nSPS) is 10.4. The first kappa shape index (κ1) is 11.0. The van der Waals surface area contributed by atoms with E-state index in [4.69, 9.17) is 0 Å². The maximum Gasteiger partial charge on any atom is 0.172 e. The van der Waals surface area contributed by atoms with Gasteiger partial charge in [0, 0.05) is 16.6 Å². The second-order valence-corrected chi connectivity index (χ2v) is 4.18. The van der Waals surface area contributed by atoms with E-state index in [1.54, 1.807) is 4.68 Å². The zero-order valence-electron chi connectivity index (χ0n) is 8.72. The highest BCUT2D eigenvalue weighted by molar-refractivity contribution is 9.10. The van der Waals surface area contributed by atoms with Gasteiger partial charge in [0.1, 0.15) is 0 Å². The molecule has 2 rings (SSSR count). The number of carbonyl (C=O) groups excluding carboxylic acids is 1. The lowest BCUT2D eigenvalue weighted by Crippen LogP contribution is -2.00. The SMILES string of the molecule is CCn1nnc(C=O)c1-c1cccc(Br)c1. The molecule has 0 aliphatic heterocycles. The highest BCUT2D eigenvalue weighted by Gasteiger charge is 2.13. The van der Waals surface area contributed by atoms with Crippen molar-refractivity contribution in [3.63, 3.8) is 0 Å². The second kappa shape index (κ2) is 4.57. The van der Waals surface area contributed by atoms with Gasteiger partial charge < -0.3 is 0 Å². The van der Waals surface area contributed by atoms with Crippen molar-refractivity contribution in [1.82, 2.24) is 15.0 Å². The Morgan fingerprint density at radius 3 is 2.94 bits per heavy atom. The van der Waals surface area contributed by atoms with Crippen molar-refractivity contribution < 1.29 is 4.79 Å². The Balaban J connectivity index is 2.61. The lowest BCUT2D eigenvalue weighted by Gasteiger charge is -2.04. The standard InChI is InChI=1S/C11H10BrN3O/c1-2-15-11(10(7-16)13-14-15)8-4-3-5-9(12)6-8/h3-7H,2H2,1H3. The van der Waals surface area contributed by atoms with Crippen LogP contribution in [0.1, 0.15) is 17.4 Å². The smallest absolute Gasteiger partial charge is 0.172 e. The fraction of sp³-hybridized carbons (Fsp3) is 0.182. The van der Waals surface area contributed by atoms with Crippen molar-refractivity contribution >= 4 is 22.2 Å². The number of aldehydes is 1. The molecule has 16 heavy (non-hydrogen) atoms. The Morgan fingerprint density at radius 2 is 2.31 bits per heavy atom.